The predicted octanol–water partition coefficient (Wildman–Crippen LogP) is 4.43. The van der Waals surface area contributed by atoms with Gasteiger partial charge >= 0.3 is 0 Å². The number of methoxy groups -OCH3 is 1. The van der Waals surface area contributed by atoms with Crippen molar-refractivity contribution >= 4 is 5.69 Å². The minimum Gasteiger partial charge on any atom is -0.497 e. The average molecular weight is 308 g/mol. The van der Waals surface area contributed by atoms with E-state index in [-0.39, 0.29) is 11.9 Å². The summed E-state index contributed by atoms with van der Waals surface area (Å²) in [5.41, 5.74) is 2.55. The van der Waals surface area contributed by atoms with Crippen LogP contribution < -0.4 is 10.1 Å². The highest BCUT2D eigenvalue weighted by Crippen LogP contribution is 2.26. The Kier molecular flexibility index (Phi) is 4.52. The third kappa shape index (κ3) is 3.66. The number of nitrogens with one attached hydrogen (secondary N) is 1. The van der Waals surface area contributed by atoms with Gasteiger partial charge in [0.2, 0.25) is 0 Å². The van der Waals surface area contributed by atoms with Gasteiger partial charge in [-0.3, -0.25) is 4.98 Å². The summed E-state index contributed by atoms with van der Waals surface area (Å²) in [5, 5.41) is 3.41. The molecule has 1 N–H and O–H groups in total. The van der Waals surface area contributed by atoms with Crippen LogP contribution in [0.3, 0.4) is 0 Å². The van der Waals surface area contributed by atoms with E-state index in [0.29, 0.717) is 0 Å². The van der Waals surface area contributed by atoms with E-state index < -0.39 is 0 Å². The lowest BCUT2D eigenvalue weighted by molar-refractivity contribution is 0.415. The maximum absolute atomic E-state index is 13.6. The van der Waals surface area contributed by atoms with Crippen LogP contribution in [0.15, 0.2) is 72.9 Å². The fourth-order valence-electron chi connectivity index (χ4n) is 2.41. The summed E-state index contributed by atoms with van der Waals surface area (Å²) >= 11 is 0. The summed E-state index contributed by atoms with van der Waals surface area (Å²) in [5.74, 6) is 0.524. The summed E-state index contributed by atoms with van der Waals surface area (Å²) in [4.78, 5) is 4.41. The second-order valence-electron chi connectivity index (χ2n) is 5.12. The molecule has 2 aromatic carbocycles. The number of anilines is 1. The Morgan fingerprint density at radius 2 is 1.83 bits per heavy atom. The minimum absolute atomic E-state index is 0.236. The number of rotatable bonds is 5. The molecule has 0 radical (unpaired) electrons. The predicted molar refractivity (Wildman–Crippen MR) is 89.1 cm³/mol. The normalized spacial score (nSPS) is 11.7. The van der Waals surface area contributed by atoms with Crippen LogP contribution in [-0.4, -0.2) is 12.1 Å². The van der Waals surface area contributed by atoms with Crippen LogP contribution in [0.1, 0.15) is 17.3 Å². The van der Waals surface area contributed by atoms with E-state index in [9.17, 15) is 4.39 Å². The standard InChI is InChI=1S/C19H17FN2O/c1-23-17-10-8-16(9-11-17)22-19(18-7-2-3-12-21-18)14-5-4-6-15(20)13-14/h2-13,19,22H,1H3. The molecule has 0 spiro atoms. The van der Waals surface area contributed by atoms with Crippen LogP contribution in [0, 0.1) is 5.82 Å². The van der Waals surface area contributed by atoms with E-state index >= 15 is 0 Å². The monoisotopic (exact) mass is 308 g/mol. The zero-order chi connectivity index (χ0) is 16.1. The lowest BCUT2D eigenvalue weighted by Crippen LogP contribution is -2.14. The van der Waals surface area contributed by atoms with E-state index in [1.165, 1.54) is 12.1 Å². The van der Waals surface area contributed by atoms with Gasteiger partial charge in [0.25, 0.3) is 0 Å². The lowest BCUT2D eigenvalue weighted by Gasteiger charge is -2.20. The van der Waals surface area contributed by atoms with Gasteiger partial charge in [0.1, 0.15) is 11.6 Å². The van der Waals surface area contributed by atoms with Crippen LogP contribution >= 0.6 is 0 Å². The van der Waals surface area contributed by atoms with Gasteiger partial charge in [-0.25, -0.2) is 4.39 Å². The van der Waals surface area contributed by atoms with Crippen molar-refractivity contribution in [1.29, 1.82) is 0 Å². The second-order valence-corrected chi connectivity index (χ2v) is 5.12. The van der Waals surface area contributed by atoms with E-state index in [0.717, 1.165) is 22.7 Å². The molecule has 0 aliphatic carbocycles. The van der Waals surface area contributed by atoms with E-state index in [1.807, 2.05) is 48.5 Å². The molecule has 0 saturated carbocycles. The Morgan fingerprint density at radius 1 is 1.00 bits per heavy atom. The molecule has 0 aliphatic heterocycles. The zero-order valence-corrected chi connectivity index (χ0v) is 12.7. The molecule has 0 amide bonds. The molecule has 0 bridgehead atoms. The number of halogens is 1. The summed E-state index contributed by atoms with van der Waals surface area (Å²) in [6.07, 6.45) is 1.73. The van der Waals surface area contributed by atoms with Crippen molar-refractivity contribution in [3.05, 3.63) is 90.0 Å². The minimum atomic E-state index is -0.264. The molecule has 116 valence electrons. The average Bonchev–Trinajstić information content (AvgIpc) is 2.61. The zero-order valence-electron chi connectivity index (χ0n) is 12.7. The summed E-state index contributed by atoms with van der Waals surface area (Å²) in [6.45, 7) is 0. The summed E-state index contributed by atoms with van der Waals surface area (Å²) in [6, 6.07) is 19.6. The van der Waals surface area contributed by atoms with Crippen LogP contribution in [0.25, 0.3) is 0 Å². The van der Waals surface area contributed by atoms with Crippen LogP contribution in [0.4, 0.5) is 10.1 Å². The SMILES string of the molecule is COc1ccc(NC(c2cccc(F)c2)c2ccccn2)cc1. The molecule has 0 aliphatic rings. The van der Waals surface area contributed by atoms with Crippen LogP contribution in [-0.2, 0) is 0 Å². The Hall–Kier alpha value is -2.88. The molecule has 1 atom stereocenters. The Balaban J connectivity index is 1.94. The van der Waals surface area contributed by atoms with Crippen molar-refractivity contribution < 1.29 is 9.13 Å². The molecule has 3 rings (SSSR count). The lowest BCUT2D eigenvalue weighted by atomic mass is 10.0. The number of pyridine rings is 1. The highest BCUT2D eigenvalue weighted by molar-refractivity contribution is 5.50. The van der Waals surface area contributed by atoms with Gasteiger partial charge in [0.15, 0.2) is 0 Å². The number of hydrogen-bond donors (Lipinski definition) is 1. The van der Waals surface area contributed by atoms with Crippen molar-refractivity contribution in [2.75, 3.05) is 12.4 Å². The molecule has 1 heterocycles. The highest BCUT2D eigenvalue weighted by atomic mass is 19.1. The molecule has 3 aromatic rings. The topological polar surface area (TPSA) is 34.1 Å². The van der Waals surface area contributed by atoms with E-state index in [1.54, 1.807) is 19.4 Å². The van der Waals surface area contributed by atoms with Gasteiger partial charge < -0.3 is 10.1 Å². The molecule has 4 heteroatoms. The first-order valence-electron chi connectivity index (χ1n) is 7.33. The molecule has 1 unspecified atom stereocenters. The van der Waals surface area contributed by atoms with Crippen molar-refractivity contribution in [2.24, 2.45) is 0 Å². The molecule has 3 nitrogen and oxygen atoms in total. The van der Waals surface area contributed by atoms with Crippen molar-refractivity contribution in [3.63, 3.8) is 0 Å². The third-order valence-electron chi connectivity index (χ3n) is 3.57. The van der Waals surface area contributed by atoms with E-state index in [2.05, 4.69) is 10.3 Å². The molecule has 1 aromatic heterocycles. The molecular weight excluding hydrogens is 291 g/mol. The van der Waals surface area contributed by atoms with Gasteiger partial charge in [0, 0.05) is 11.9 Å². The number of ether oxygens (including phenoxy) is 1. The molecule has 0 saturated heterocycles. The maximum Gasteiger partial charge on any atom is 0.123 e. The Morgan fingerprint density at radius 3 is 2.48 bits per heavy atom. The smallest absolute Gasteiger partial charge is 0.123 e. The first-order chi connectivity index (χ1) is 11.3. The first kappa shape index (κ1) is 15.0. The quantitative estimate of drug-likeness (QED) is 0.757. The Labute approximate surface area is 134 Å². The number of benzene rings is 2. The van der Waals surface area contributed by atoms with Gasteiger partial charge in [-0.15, -0.1) is 0 Å². The fraction of sp³-hybridized carbons (Fsp3) is 0.105. The summed E-state index contributed by atoms with van der Waals surface area (Å²) < 4.78 is 18.8. The van der Waals surface area contributed by atoms with Crippen molar-refractivity contribution in [1.82, 2.24) is 4.98 Å². The maximum atomic E-state index is 13.6. The fourth-order valence-corrected chi connectivity index (χ4v) is 2.41. The number of aromatic nitrogens is 1. The van der Waals surface area contributed by atoms with E-state index in [4.69, 9.17) is 4.74 Å². The third-order valence-corrected chi connectivity index (χ3v) is 3.57. The Bertz CT molecular complexity index is 760. The van der Waals surface area contributed by atoms with Crippen LogP contribution in [0.5, 0.6) is 5.75 Å². The van der Waals surface area contributed by atoms with Gasteiger partial charge in [0.05, 0.1) is 18.8 Å². The second kappa shape index (κ2) is 6.92. The number of nitrogens with zero attached hydrogens (tertiary/aromatic N) is 1. The van der Waals surface area contributed by atoms with Gasteiger partial charge in [-0.2, -0.15) is 0 Å². The molecule has 23 heavy (non-hydrogen) atoms. The van der Waals surface area contributed by atoms with Crippen molar-refractivity contribution in [2.45, 2.75) is 6.04 Å². The van der Waals surface area contributed by atoms with Crippen LogP contribution in [0.2, 0.25) is 0 Å². The highest BCUT2D eigenvalue weighted by Gasteiger charge is 2.15. The molecule has 0 fully saturated rings. The first-order valence-corrected chi connectivity index (χ1v) is 7.33. The summed E-state index contributed by atoms with van der Waals surface area (Å²) in [7, 11) is 1.63. The van der Waals surface area contributed by atoms with Gasteiger partial charge in [-0.1, -0.05) is 18.2 Å². The van der Waals surface area contributed by atoms with Crippen molar-refractivity contribution in [3.8, 4) is 5.75 Å². The largest absolute Gasteiger partial charge is 0.497 e. The van der Waals surface area contributed by atoms with Gasteiger partial charge in [-0.05, 0) is 54.1 Å². The molecular formula is C19H17FN2O. The number of hydrogen-bond acceptors (Lipinski definition) is 3.